The van der Waals surface area contributed by atoms with Crippen LogP contribution in [-0.2, 0) is 14.6 Å². The number of benzene rings is 2. The second-order valence-corrected chi connectivity index (χ2v) is 6.92. The molecule has 0 saturated carbocycles. The topological polar surface area (TPSA) is 89.9 Å². The molecule has 9 heteroatoms. The molecule has 23 heavy (non-hydrogen) atoms. The number of aliphatic carboxylic acids is 1. The molecule has 1 aliphatic heterocycles. The fourth-order valence-corrected chi connectivity index (χ4v) is 3.79. The molecule has 0 spiro atoms. The monoisotopic (exact) mass is 358 g/mol. The molecule has 0 radical (unpaired) electrons. The first-order chi connectivity index (χ1) is 10.8. The Morgan fingerprint density at radius 3 is 2.26 bits per heavy atom. The molecule has 0 amide bonds. The van der Waals surface area contributed by atoms with E-state index in [2.05, 4.69) is 0 Å². The first kappa shape index (κ1) is 15.6. The number of hydrogen-bond acceptors (Lipinski definition) is 5. The number of ether oxygens (including phenoxy) is 2. The van der Waals surface area contributed by atoms with E-state index in [0.29, 0.717) is 0 Å². The summed E-state index contributed by atoms with van der Waals surface area (Å²) in [6.07, 6.45) is -1.56. The van der Waals surface area contributed by atoms with Crippen LogP contribution in [0.1, 0.15) is 0 Å². The van der Waals surface area contributed by atoms with Crippen molar-refractivity contribution >= 4 is 27.4 Å². The molecule has 0 aliphatic carbocycles. The second kappa shape index (κ2) is 5.39. The van der Waals surface area contributed by atoms with E-state index in [-0.39, 0.29) is 26.3 Å². The Morgan fingerprint density at radius 1 is 1.13 bits per heavy atom. The zero-order valence-corrected chi connectivity index (χ0v) is 12.8. The lowest BCUT2D eigenvalue weighted by Gasteiger charge is -2.08. The Balaban J connectivity index is 2.06. The van der Waals surface area contributed by atoms with Gasteiger partial charge in [-0.2, -0.15) is 0 Å². The number of halogens is 2. The third-order valence-electron chi connectivity index (χ3n) is 3.08. The van der Waals surface area contributed by atoms with Gasteiger partial charge in [-0.1, -0.05) is 11.6 Å². The highest BCUT2D eigenvalue weighted by Gasteiger charge is 2.33. The van der Waals surface area contributed by atoms with E-state index in [1.54, 1.807) is 0 Å². The van der Waals surface area contributed by atoms with E-state index >= 15 is 0 Å². The van der Waals surface area contributed by atoms with Crippen LogP contribution in [0.3, 0.4) is 0 Å². The molecule has 2 aromatic carbocycles. The fraction of sp³-hybridized carbons (Fsp3) is 0.0714. The van der Waals surface area contributed by atoms with Gasteiger partial charge < -0.3 is 14.6 Å². The molecule has 6 nitrogen and oxygen atoms in total. The summed E-state index contributed by atoms with van der Waals surface area (Å²) in [6, 6.07) is 6.47. The average Bonchev–Trinajstić information content (AvgIpc) is 2.90. The molecule has 0 bridgehead atoms. The highest BCUT2D eigenvalue weighted by molar-refractivity contribution is 7.91. The molecule has 1 aliphatic rings. The van der Waals surface area contributed by atoms with Crippen LogP contribution in [0.15, 0.2) is 46.2 Å². The summed E-state index contributed by atoms with van der Waals surface area (Å²) in [5, 5.41) is 8.69. The van der Waals surface area contributed by atoms with Crippen molar-refractivity contribution in [2.24, 2.45) is 0 Å². The van der Waals surface area contributed by atoms with Gasteiger partial charge in [0.15, 0.2) is 11.5 Å². The Labute approximate surface area is 134 Å². The number of fused-ring (bicyclic) bond motifs is 1. The minimum atomic E-state index is -4.03. The number of carboxylic acid groups (broad SMARTS) is 1. The van der Waals surface area contributed by atoms with E-state index in [0.717, 1.165) is 36.4 Å². The first-order valence-electron chi connectivity index (χ1n) is 6.19. The number of sulfone groups is 1. The largest absolute Gasteiger partial charge is 0.476 e. The Hall–Kier alpha value is -2.32. The lowest BCUT2D eigenvalue weighted by Crippen LogP contribution is -2.28. The van der Waals surface area contributed by atoms with Gasteiger partial charge in [0.25, 0.3) is 0 Å². The summed E-state index contributed by atoms with van der Waals surface area (Å²) in [4.78, 5) is 10.4. The van der Waals surface area contributed by atoms with Crippen LogP contribution in [0.5, 0.6) is 11.5 Å². The van der Waals surface area contributed by atoms with Gasteiger partial charge in [0.1, 0.15) is 5.82 Å². The SMILES string of the molecule is O=C(O)C1Oc2cc(Cl)c(S(=O)(=O)c3ccc(F)cc3)cc2O1. The van der Waals surface area contributed by atoms with Gasteiger partial charge in [0, 0.05) is 12.1 Å². The predicted molar refractivity (Wildman–Crippen MR) is 76.0 cm³/mol. The quantitative estimate of drug-likeness (QED) is 0.848. The maximum atomic E-state index is 12.9. The van der Waals surface area contributed by atoms with Gasteiger partial charge in [-0.15, -0.1) is 0 Å². The number of carbonyl (C=O) groups is 1. The van der Waals surface area contributed by atoms with Crippen molar-refractivity contribution in [2.45, 2.75) is 16.1 Å². The maximum Gasteiger partial charge on any atom is 0.387 e. The van der Waals surface area contributed by atoms with E-state index < -0.39 is 27.9 Å². The lowest BCUT2D eigenvalue weighted by atomic mass is 10.3. The van der Waals surface area contributed by atoms with Gasteiger partial charge in [0.2, 0.25) is 9.84 Å². The van der Waals surface area contributed by atoms with E-state index in [9.17, 15) is 17.6 Å². The van der Waals surface area contributed by atoms with Crippen LogP contribution in [0.4, 0.5) is 4.39 Å². The minimum Gasteiger partial charge on any atom is -0.476 e. The molecule has 3 rings (SSSR count). The van der Waals surface area contributed by atoms with Crippen molar-refractivity contribution in [1.29, 1.82) is 0 Å². The first-order valence-corrected chi connectivity index (χ1v) is 8.05. The number of hydrogen-bond donors (Lipinski definition) is 1. The zero-order valence-electron chi connectivity index (χ0n) is 11.2. The molecule has 0 aromatic heterocycles. The van der Waals surface area contributed by atoms with Gasteiger partial charge in [-0.3, -0.25) is 0 Å². The minimum absolute atomic E-state index is 0.0282. The molecule has 1 unspecified atom stereocenters. The highest BCUT2D eigenvalue weighted by atomic mass is 35.5. The van der Waals surface area contributed by atoms with Crippen molar-refractivity contribution in [1.82, 2.24) is 0 Å². The maximum absolute atomic E-state index is 12.9. The second-order valence-electron chi connectivity index (χ2n) is 4.59. The smallest absolute Gasteiger partial charge is 0.387 e. The highest BCUT2D eigenvalue weighted by Crippen LogP contribution is 2.41. The predicted octanol–water partition coefficient (Wildman–Crippen LogP) is 2.49. The average molecular weight is 359 g/mol. The fourth-order valence-electron chi connectivity index (χ4n) is 2.00. The molecule has 0 fully saturated rings. The van der Waals surface area contributed by atoms with Gasteiger partial charge in [-0.25, -0.2) is 17.6 Å². The Bertz CT molecular complexity index is 894. The van der Waals surface area contributed by atoms with E-state index in [1.165, 1.54) is 0 Å². The molecular weight excluding hydrogens is 351 g/mol. The van der Waals surface area contributed by atoms with Crippen molar-refractivity contribution < 1.29 is 32.2 Å². The zero-order chi connectivity index (χ0) is 16.8. The Morgan fingerprint density at radius 2 is 1.70 bits per heavy atom. The van der Waals surface area contributed by atoms with Crippen molar-refractivity contribution in [3.8, 4) is 11.5 Å². The van der Waals surface area contributed by atoms with Crippen LogP contribution < -0.4 is 9.47 Å². The number of carboxylic acids is 1. The van der Waals surface area contributed by atoms with Crippen molar-refractivity contribution in [3.05, 3.63) is 47.2 Å². The summed E-state index contributed by atoms with van der Waals surface area (Å²) in [5.74, 6) is -1.96. The van der Waals surface area contributed by atoms with Crippen LogP contribution >= 0.6 is 11.6 Å². The molecule has 2 aromatic rings. The summed E-state index contributed by atoms with van der Waals surface area (Å²) in [5.41, 5.74) is 0. The van der Waals surface area contributed by atoms with E-state index in [4.69, 9.17) is 26.2 Å². The molecule has 120 valence electrons. The lowest BCUT2D eigenvalue weighted by molar-refractivity contribution is -0.154. The summed E-state index contributed by atoms with van der Waals surface area (Å²) >= 11 is 5.96. The number of rotatable bonds is 3. The standard InChI is InChI=1S/C14H8ClFO6S/c15-9-5-10-11(22-14(21-10)13(17)18)6-12(9)23(19,20)8-3-1-7(16)2-4-8/h1-6,14H,(H,17,18). The normalized spacial score (nSPS) is 16.3. The summed E-state index contributed by atoms with van der Waals surface area (Å²) < 4.78 is 48.1. The summed E-state index contributed by atoms with van der Waals surface area (Å²) in [6.45, 7) is 0. The Kier molecular flexibility index (Phi) is 3.65. The molecule has 1 heterocycles. The van der Waals surface area contributed by atoms with Gasteiger partial charge in [0.05, 0.1) is 14.8 Å². The third kappa shape index (κ3) is 2.71. The molecule has 1 N–H and O–H groups in total. The van der Waals surface area contributed by atoms with Gasteiger partial charge in [-0.05, 0) is 24.3 Å². The van der Waals surface area contributed by atoms with Crippen LogP contribution in [0.2, 0.25) is 5.02 Å². The van der Waals surface area contributed by atoms with Crippen molar-refractivity contribution in [3.63, 3.8) is 0 Å². The van der Waals surface area contributed by atoms with Gasteiger partial charge >= 0.3 is 12.3 Å². The van der Waals surface area contributed by atoms with E-state index in [1.807, 2.05) is 0 Å². The van der Waals surface area contributed by atoms with Crippen LogP contribution in [-0.4, -0.2) is 25.8 Å². The third-order valence-corrected chi connectivity index (χ3v) is 5.32. The molecular formula is C14H8ClFO6S. The van der Waals surface area contributed by atoms with Crippen molar-refractivity contribution in [2.75, 3.05) is 0 Å². The van der Waals surface area contributed by atoms with Crippen LogP contribution in [0.25, 0.3) is 0 Å². The molecule has 0 saturated heterocycles. The van der Waals surface area contributed by atoms with Crippen LogP contribution in [0, 0.1) is 5.82 Å². The summed E-state index contributed by atoms with van der Waals surface area (Å²) in [7, 11) is -4.03. The molecule has 1 atom stereocenters.